The standard InChI is InChI=1S/C31H37NO3/c1-23(2)35-22-30(33)15-16-31(19-24-8-4-3-5-9-24)26(20-30)12-11-25-18-28(13-14-29(25)31)34-21-27-10-6-7-17-32-27/h3-10,13-14,17-18,23,26,33H,11-12,15-16,19-22H2,1-2H3/t26-,30-,31+/m1/s1. The molecule has 4 heteroatoms. The summed E-state index contributed by atoms with van der Waals surface area (Å²) in [5.41, 5.74) is 4.41. The number of pyridine rings is 1. The molecule has 0 bridgehead atoms. The second-order valence-electron chi connectivity index (χ2n) is 10.8. The molecule has 1 heterocycles. The third-order valence-electron chi connectivity index (χ3n) is 7.98. The molecule has 0 saturated heterocycles. The Kier molecular flexibility index (Phi) is 6.95. The van der Waals surface area contributed by atoms with E-state index in [1.54, 1.807) is 6.20 Å². The van der Waals surface area contributed by atoms with Gasteiger partial charge in [-0.05, 0) is 99.2 Å². The van der Waals surface area contributed by atoms with Gasteiger partial charge in [0.2, 0.25) is 0 Å². The lowest BCUT2D eigenvalue weighted by Crippen LogP contribution is -2.53. The minimum absolute atomic E-state index is 0.0263. The summed E-state index contributed by atoms with van der Waals surface area (Å²) in [5.74, 6) is 1.32. The molecule has 5 rings (SSSR count). The van der Waals surface area contributed by atoms with Crippen molar-refractivity contribution >= 4 is 0 Å². The van der Waals surface area contributed by atoms with E-state index in [1.807, 2.05) is 32.0 Å². The summed E-state index contributed by atoms with van der Waals surface area (Å²) in [6.45, 7) is 4.97. The molecule has 0 amide bonds. The van der Waals surface area contributed by atoms with Crippen molar-refractivity contribution in [3.63, 3.8) is 0 Å². The number of aryl methyl sites for hydroxylation is 1. The highest BCUT2D eigenvalue weighted by atomic mass is 16.5. The van der Waals surface area contributed by atoms with Crippen molar-refractivity contribution in [1.29, 1.82) is 0 Å². The first-order chi connectivity index (χ1) is 17.0. The van der Waals surface area contributed by atoms with Gasteiger partial charge in [-0.25, -0.2) is 0 Å². The van der Waals surface area contributed by atoms with E-state index in [1.165, 1.54) is 16.7 Å². The van der Waals surface area contributed by atoms with Gasteiger partial charge in [0.1, 0.15) is 12.4 Å². The van der Waals surface area contributed by atoms with E-state index in [9.17, 15) is 5.11 Å². The molecule has 0 radical (unpaired) electrons. The van der Waals surface area contributed by atoms with E-state index in [4.69, 9.17) is 9.47 Å². The van der Waals surface area contributed by atoms with Crippen molar-refractivity contribution in [2.75, 3.05) is 6.61 Å². The van der Waals surface area contributed by atoms with Crippen LogP contribution in [-0.2, 0) is 29.6 Å². The number of benzene rings is 2. The lowest BCUT2D eigenvalue weighted by molar-refractivity contribution is -0.111. The third kappa shape index (κ3) is 5.29. The van der Waals surface area contributed by atoms with Crippen molar-refractivity contribution in [3.05, 3.63) is 95.3 Å². The van der Waals surface area contributed by atoms with Gasteiger partial charge in [0.25, 0.3) is 0 Å². The molecule has 35 heavy (non-hydrogen) atoms. The lowest BCUT2D eigenvalue weighted by atomic mass is 9.52. The highest BCUT2D eigenvalue weighted by Gasteiger charge is 2.51. The van der Waals surface area contributed by atoms with Crippen LogP contribution in [0, 0.1) is 5.92 Å². The summed E-state index contributed by atoms with van der Waals surface area (Å²) in [7, 11) is 0. The Labute approximate surface area is 209 Å². The zero-order valence-corrected chi connectivity index (χ0v) is 21.0. The quantitative estimate of drug-likeness (QED) is 0.435. The number of hydrogen-bond acceptors (Lipinski definition) is 4. The van der Waals surface area contributed by atoms with Crippen LogP contribution in [0.5, 0.6) is 5.75 Å². The zero-order chi connectivity index (χ0) is 24.3. The molecule has 0 unspecified atom stereocenters. The van der Waals surface area contributed by atoms with Crippen molar-refractivity contribution < 1.29 is 14.6 Å². The van der Waals surface area contributed by atoms with E-state index in [0.29, 0.717) is 19.1 Å². The van der Waals surface area contributed by atoms with Gasteiger partial charge >= 0.3 is 0 Å². The Morgan fingerprint density at radius 1 is 1.03 bits per heavy atom. The van der Waals surface area contributed by atoms with Gasteiger partial charge in [-0.2, -0.15) is 0 Å². The van der Waals surface area contributed by atoms with E-state index >= 15 is 0 Å². The first-order valence-corrected chi connectivity index (χ1v) is 13.0. The monoisotopic (exact) mass is 471 g/mol. The molecule has 3 aromatic rings. The molecule has 1 aromatic heterocycles. The van der Waals surface area contributed by atoms with Crippen LogP contribution < -0.4 is 4.74 Å². The number of fused-ring (bicyclic) bond motifs is 3. The Hall–Kier alpha value is -2.69. The van der Waals surface area contributed by atoms with Gasteiger partial charge in [-0.3, -0.25) is 4.98 Å². The summed E-state index contributed by atoms with van der Waals surface area (Å²) in [6, 6.07) is 23.4. The van der Waals surface area contributed by atoms with E-state index in [-0.39, 0.29) is 11.5 Å². The van der Waals surface area contributed by atoms with Crippen LogP contribution in [0.4, 0.5) is 0 Å². The predicted molar refractivity (Wildman–Crippen MR) is 139 cm³/mol. The number of rotatable bonds is 8. The van der Waals surface area contributed by atoms with Crippen LogP contribution in [0.25, 0.3) is 0 Å². The van der Waals surface area contributed by atoms with Gasteiger partial charge in [0, 0.05) is 11.6 Å². The van der Waals surface area contributed by atoms with Crippen molar-refractivity contribution in [2.24, 2.45) is 5.92 Å². The van der Waals surface area contributed by atoms with Gasteiger partial charge < -0.3 is 14.6 Å². The summed E-state index contributed by atoms with van der Waals surface area (Å²) >= 11 is 0. The fourth-order valence-electron chi connectivity index (χ4n) is 6.21. The largest absolute Gasteiger partial charge is 0.487 e. The van der Waals surface area contributed by atoms with E-state index in [2.05, 4.69) is 53.5 Å². The molecular weight excluding hydrogens is 434 g/mol. The fraction of sp³-hybridized carbons (Fsp3) is 0.452. The maximum Gasteiger partial charge on any atom is 0.130 e. The molecule has 1 fully saturated rings. The average molecular weight is 472 g/mol. The molecule has 0 spiro atoms. The maximum atomic E-state index is 11.5. The van der Waals surface area contributed by atoms with Crippen LogP contribution in [0.1, 0.15) is 61.9 Å². The van der Waals surface area contributed by atoms with Crippen LogP contribution in [0.2, 0.25) is 0 Å². The van der Waals surface area contributed by atoms with Crippen molar-refractivity contribution in [2.45, 2.75) is 76.1 Å². The number of hydrogen-bond donors (Lipinski definition) is 1. The highest BCUT2D eigenvalue weighted by Crippen LogP contribution is 2.54. The molecule has 184 valence electrons. The van der Waals surface area contributed by atoms with Gasteiger partial charge in [-0.1, -0.05) is 42.5 Å². The molecule has 1 N–H and O–H groups in total. The molecule has 3 atom stereocenters. The fourth-order valence-corrected chi connectivity index (χ4v) is 6.21. The average Bonchev–Trinajstić information content (AvgIpc) is 2.88. The number of aliphatic hydroxyl groups is 1. The maximum absolute atomic E-state index is 11.5. The Morgan fingerprint density at radius 3 is 2.63 bits per heavy atom. The summed E-state index contributed by atoms with van der Waals surface area (Å²) in [4.78, 5) is 4.37. The van der Waals surface area contributed by atoms with Gasteiger partial charge in [0.05, 0.1) is 24.0 Å². The molecule has 2 aliphatic rings. The lowest BCUT2D eigenvalue weighted by Gasteiger charge is -2.53. The molecular formula is C31H37NO3. The van der Waals surface area contributed by atoms with Crippen LogP contribution in [0.3, 0.4) is 0 Å². The second kappa shape index (κ2) is 10.1. The van der Waals surface area contributed by atoms with Crippen molar-refractivity contribution in [3.8, 4) is 5.75 Å². The molecule has 4 nitrogen and oxygen atoms in total. The first-order valence-electron chi connectivity index (χ1n) is 13.0. The number of aromatic nitrogens is 1. The summed E-state index contributed by atoms with van der Waals surface area (Å²) < 4.78 is 12.0. The Morgan fingerprint density at radius 2 is 1.86 bits per heavy atom. The topological polar surface area (TPSA) is 51.6 Å². The van der Waals surface area contributed by atoms with Crippen LogP contribution in [-0.4, -0.2) is 28.4 Å². The number of ether oxygens (including phenoxy) is 2. The van der Waals surface area contributed by atoms with E-state index in [0.717, 1.165) is 50.0 Å². The first kappa shape index (κ1) is 24.0. The van der Waals surface area contributed by atoms with Crippen LogP contribution in [0.15, 0.2) is 72.9 Å². The zero-order valence-electron chi connectivity index (χ0n) is 21.0. The number of nitrogens with zero attached hydrogens (tertiary/aromatic N) is 1. The SMILES string of the molecule is CC(C)OC[C@@]1(O)CC[C@@]2(Cc3ccccc3)c3ccc(OCc4ccccn4)cc3CC[C@@H]2C1. The van der Waals surface area contributed by atoms with Gasteiger partial charge in [-0.15, -0.1) is 0 Å². The van der Waals surface area contributed by atoms with Gasteiger partial charge in [0.15, 0.2) is 0 Å². The Bertz CT molecular complexity index is 1120. The second-order valence-corrected chi connectivity index (χ2v) is 10.8. The molecule has 2 aliphatic carbocycles. The third-order valence-corrected chi connectivity index (χ3v) is 7.98. The predicted octanol–water partition coefficient (Wildman–Crippen LogP) is 6.04. The molecule has 0 aliphatic heterocycles. The highest BCUT2D eigenvalue weighted by molar-refractivity contribution is 5.45. The summed E-state index contributed by atoms with van der Waals surface area (Å²) in [6.07, 6.45) is 7.55. The minimum Gasteiger partial charge on any atom is -0.487 e. The molecule has 1 saturated carbocycles. The van der Waals surface area contributed by atoms with E-state index < -0.39 is 5.60 Å². The minimum atomic E-state index is -0.738. The molecule has 2 aromatic carbocycles. The normalized spacial score (nSPS) is 25.7. The van der Waals surface area contributed by atoms with Crippen LogP contribution >= 0.6 is 0 Å². The van der Waals surface area contributed by atoms with Crippen molar-refractivity contribution in [1.82, 2.24) is 4.98 Å². The Balaban J connectivity index is 1.43. The summed E-state index contributed by atoms with van der Waals surface area (Å²) in [5, 5.41) is 11.5. The smallest absolute Gasteiger partial charge is 0.130 e.